The zero-order valence-electron chi connectivity index (χ0n) is 13.3. The summed E-state index contributed by atoms with van der Waals surface area (Å²) in [5.41, 5.74) is 3.30. The Kier molecular flexibility index (Phi) is 3.87. The molecule has 1 N–H and O–H groups in total. The molecule has 0 amide bonds. The number of benzene rings is 1. The van der Waals surface area contributed by atoms with Gasteiger partial charge in [0, 0.05) is 16.9 Å². The van der Waals surface area contributed by atoms with Crippen LogP contribution in [0.25, 0.3) is 21.3 Å². The molecule has 0 bridgehead atoms. The van der Waals surface area contributed by atoms with E-state index in [1.165, 1.54) is 16.9 Å². The lowest BCUT2D eigenvalue weighted by Gasteiger charge is -2.07. The van der Waals surface area contributed by atoms with Gasteiger partial charge in [0.15, 0.2) is 0 Å². The topological polar surface area (TPSA) is 45.8 Å². The van der Waals surface area contributed by atoms with Crippen molar-refractivity contribution in [1.29, 1.82) is 0 Å². The van der Waals surface area contributed by atoms with Gasteiger partial charge in [-0.15, -0.1) is 11.3 Å². The molecule has 0 aliphatic carbocycles. The molecule has 4 heteroatoms. The number of rotatable bonds is 3. The van der Waals surface area contributed by atoms with Gasteiger partial charge < -0.3 is 4.98 Å². The Morgan fingerprint density at radius 1 is 1.05 bits per heavy atom. The quantitative estimate of drug-likeness (QED) is 0.747. The second-order valence-corrected chi connectivity index (χ2v) is 7.07. The first-order valence-electron chi connectivity index (χ1n) is 7.59. The van der Waals surface area contributed by atoms with Gasteiger partial charge in [-0.25, -0.2) is 4.98 Å². The lowest BCUT2D eigenvalue weighted by molar-refractivity contribution is 0.778. The summed E-state index contributed by atoms with van der Waals surface area (Å²) in [6, 6.07) is 8.44. The molecule has 1 aromatic carbocycles. The first-order chi connectivity index (χ1) is 10.5. The Balaban J connectivity index is 2.14. The van der Waals surface area contributed by atoms with Crippen molar-refractivity contribution in [3.8, 4) is 11.1 Å². The minimum Gasteiger partial charge on any atom is -0.310 e. The lowest BCUT2D eigenvalue weighted by Crippen LogP contribution is -2.12. The molecule has 0 atom stereocenters. The highest BCUT2D eigenvalue weighted by Gasteiger charge is 2.14. The normalized spacial score (nSPS) is 11.7. The van der Waals surface area contributed by atoms with Gasteiger partial charge >= 0.3 is 0 Å². The van der Waals surface area contributed by atoms with E-state index in [9.17, 15) is 4.79 Å². The van der Waals surface area contributed by atoms with Crippen LogP contribution < -0.4 is 5.56 Å². The number of nitrogens with one attached hydrogen (secondary N) is 1. The third-order valence-corrected chi connectivity index (χ3v) is 4.77. The number of H-pyrrole nitrogens is 1. The molecule has 0 saturated carbocycles. The van der Waals surface area contributed by atoms with Crippen LogP contribution in [0.15, 0.2) is 34.4 Å². The third-order valence-electron chi connectivity index (χ3n) is 3.90. The van der Waals surface area contributed by atoms with Gasteiger partial charge in [0.25, 0.3) is 5.56 Å². The van der Waals surface area contributed by atoms with Gasteiger partial charge in [0.1, 0.15) is 10.7 Å². The van der Waals surface area contributed by atoms with Crippen LogP contribution in [0.4, 0.5) is 0 Å². The molecular weight excluding hydrogens is 292 g/mol. The number of hydrogen-bond donors (Lipinski definition) is 1. The van der Waals surface area contributed by atoms with Crippen molar-refractivity contribution in [2.45, 2.75) is 39.5 Å². The summed E-state index contributed by atoms with van der Waals surface area (Å²) in [6.45, 7) is 8.42. The van der Waals surface area contributed by atoms with Crippen molar-refractivity contribution in [3.63, 3.8) is 0 Å². The number of thiophene rings is 1. The molecule has 3 rings (SSSR count). The average molecular weight is 312 g/mol. The summed E-state index contributed by atoms with van der Waals surface area (Å²) < 4.78 is 0. The number of aromatic nitrogens is 2. The number of nitrogens with zero attached hydrogens (tertiary/aromatic N) is 1. The SMILES string of the molecule is CC(C)c1ccc(-c2csc3nc(C(C)C)[nH]c(=O)c23)cc1. The fraction of sp³-hybridized carbons (Fsp3) is 0.333. The molecule has 22 heavy (non-hydrogen) atoms. The molecule has 0 saturated heterocycles. The molecule has 2 heterocycles. The average Bonchev–Trinajstić information content (AvgIpc) is 2.91. The maximum absolute atomic E-state index is 12.4. The Hall–Kier alpha value is -1.94. The van der Waals surface area contributed by atoms with E-state index in [2.05, 4.69) is 48.1 Å². The number of fused-ring (bicyclic) bond motifs is 1. The third kappa shape index (κ3) is 2.59. The summed E-state index contributed by atoms with van der Waals surface area (Å²) in [5, 5.41) is 2.73. The van der Waals surface area contributed by atoms with Crippen LogP contribution in [0.3, 0.4) is 0 Å². The fourth-order valence-electron chi connectivity index (χ4n) is 2.50. The molecule has 2 aromatic heterocycles. The van der Waals surface area contributed by atoms with Gasteiger partial charge in [0.2, 0.25) is 0 Å². The van der Waals surface area contributed by atoms with E-state index < -0.39 is 0 Å². The van der Waals surface area contributed by atoms with Crippen LogP contribution in [0.2, 0.25) is 0 Å². The molecular formula is C18H20N2OS. The van der Waals surface area contributed by atoms with E-state index in [0.29, 0.717) is 11.3 Å². The van der Waals surface area contributed by atoms with Crippen LogP contribution in [0, 0.1) is 0 Å². The Bertz CT molecular complexity index is 857. The van der Waals surface area contributed by atoms with Crippen molar-refractivity contribution in [1.82, 2.24) is 9.97 Å². The largest absolute Gasteiger partial charge is 0.310 e. The molecule has 0 unspecified atom stereocenters. The van der Waals surface area contributed by atoms with Crippen LogP contribution in [-0.2, 0) is 0 Å². The number of hydrogen-bond acceptors (Lipinski definition) is 3. The molecule has 0 fully saturated rings. The predicted molar refractivity (Wildman–Crippen MR) is 93.9 cm³/mol. The molecule has 0 aliphatic heterocycles. The standard InChI is InChI=1S/C18H20N2OS/c1-10(2)12-5-7-13(8-6-12)14-9-22-18-15(14)17(21)19-16(20-18)11(3)4/h5-11H,1-4H3,(H,19,20,21). The van der Waals surface area contributed by atoms with E-state index in [1.807, 2.05) is 19.2 Å². The summed E-state index contributed by atoms with van der Waals surface area (Å²) in [6.07, 6.45) is 0. The molecule has 0 aliphatic rings. The van der Waals surface area contributed by atoms with E-state index >= 15 is 0 Å². The minimum atomic E-state index is -0.0436. The second kappa shape index (κ2) is 5.69. The molecule has 0 radical (unpaired) electrons. The summed E-state index contributed by atoms with van der Waals surface area (Å²) >= 11 is 1.53. The predicted octanol–water partition coefficient (Wildman–Crippen LogP) is 4.90. The molecule has 114 valence electrons. The monoisotopic (exact) mass is 312 g/mol. The van der Waals surface area contributed by atoms with Crippen molar-refractivity contribution >= 4 is 21.6 Å². The second-order valence-electron chi connectivity index (χ2n) is 6.21. The molecule has 3 aromatic rings. The summed E-state index contributed by atoms with van der Waals surface area (Å²) in [4.78, 5) is 20.8. The maximum atomic E-state index is 12.4. The minimum absolute atomic E-state index is 0.0436. The van der Waals surface area contributed by atoms with E-state index in [-0.39, 0.29) is 11.5 Å². The van der Waals surface area contributed by atoms with Crippen LogP contribution in [0.5, 0.6) is 0 Å². The van der Waals surface area contributed by atoms with Gasteiger partial charge in [0.05, 0.1) is 5.39 Å². The van der Waals surface area contributed by atoms with Gasteiger partial charge in [-0.1, -0.05) is 52.0 Å². The highest BCUT2D eigenvalue weighted by atomic mass is 32.1. The van der Waals surface area contributed by atoms with Crippen LogP contribution in [0.1, 0.15) is 50.9 Å². The number of aromatic amines is 1. The smallest absolute Gasteiger partial charge is 0.260 e. The summed E-state index contributed by atoms with van der Waals surface area (Å²) in [7, 11) is 0. The lowest BCUT2D eigenvalue weighted by atomic mass is 9.99. The maximum Gasteiger partial charge on any atom is 0.260 e. The van der Waals surface area contributed by atoms with E-state index in [4.69, 9.17) is 0 Å². The van der Waals surface area contributed by atoms with E-state index in [1.54, 1.807) is 0 Å². The fourth-order valence-corrected chi connectivity index (χ4v) is 3.45. The first kappa shape index (κ1) is 15.0. The van der Waals surface area contributed by atoms with Crippen LogP contribution in [-0.4, -0.2) is 9.97 Å². The van der Waals surface area contributed by atoms with Crippen molar-refractivity contribution in [2.75, 3.05) is 0 Å². The van der Waals surface area contributed by atoms with Crippen LogP contribution >= 0.6 is 11.3 Å². The van der Waals surface area contributed by atoms with Crippen molar-refractivity contribution in [2.24, 2.45) is 0 Å². The van der Waals surface area contributed by atoms with Crippen molar-refractivity contribution in [3.05, 3.63) is 51.4 Å². The zero-order chi connectivity index (χ0) is 15.9. The van der Waals surface area contributed by atoms with E-state index in [0.717, 1.165) is 21.8 Å². The summed E-state index contributed by atoms with van der Waals surface area (Å²) in [5.74, 6) is 1.47. The Labute approximate surface area is 134 Å². The van der Waals surface area contributed by atoms with Gasteiger partial charge in [-0.3, -0.25) is 4.79 Å². The highest BCUT2D eigenvalue weighted by molar-refractivity contribution is 7.17. The molecule has 3 nitrogen and oxygen atoms in total. The van der Waals surface area contributed by atoms with Gasteiger partial charge in [-0.05, 0) is 17.0 Å². The van der Waals surface area contributed by atoms with Gasteiger partial charge in [-0.2, -0.15) is 0 Å². The zero-order valence-corrected chi connectivity index (χ0v) is 14.1. The Morgan fingerprint density at radius 3 is 2.32 bits per heavy atom. The highest BCUT2D eigenvalue weighted by Crippen LogP contribution is 2.32. The molecule has 0 spiro atoms. The Morgan fingerprint density at radius 2 is 1.73 bits per heavy atom. The first-order valence-corrected chi connectivity index (χ1v) is 8.47. The van der Waals surface area contributed by atoms with Crippen molar-refractivity contribution < 1.29 is 0 Å².